The van der Waals surface area contributed by atoms with Gasteiger partial charge in [0.05, 0.1) is 0 Å². The number of hydrogen-bond acceptors (Lipinski definition) is 4. The molecular formula is C15H27N3S. The maximum atomic E-state index is 4.53. The quantitative estimate of drug-likeness (QED) is 0.829. The van der Waals surface area contributed by atoms with Gasteiger partial charge in [0.15, 0.2) is 5.13 Å². The largest absolute Gasteiger partial charge is 0.349 e. The van der Waals surface area contributed by atoms with Crippen LogP contribution in [0.2, 0.25) is 0 Å². The Bertz CT molecular complexity index is 373. The minimum absolute atomic E-state index is 0.884. The predicted octanol–water partition coefficient (Wildman–Crippen LogP) is 3.52. The molecule has 0 amide bonds. The normalized spacial score (nSPS) is 22.9. The molecule has 1 aliphatic rings. The molecular weight excluding hydrogens is 254 g/mol. The summed E-state index contributed by atoms with van der Waals surface area (Å²) in [5.41, 5.74) is 0. The van der Waals surface area contributed by atoms with Crippen LogP contribution in [0.15, 0.2) is 6.20 Å². The maximum Gasteiger partial charge on any atom is 0.185 e. The van der Waals surface area contributed by atoms with Crippen LogP contribution >= 0.6 is 11.3 Å². The van der Waals surface area contributed by atoms with Gasteiger partial charge in [-0.05, 0) is 38.6 Å². The van der Waals surface area contributed by atoms with Crippen molar-refractivity contribution in [3.63, 3.8) is 0 Å². The highest BCUT2D eigenvalue weighted by molar-refractivity contribution is 7.15. The number of aromatic nitrogens is 1. The molecule has 2 atom stereocenters. The molecule has 0 radical (unpaired) electrons. The van der Waals surface area contributed by atoms with Gasteiger partial charge in [0.2, 0.25) is 0 Å². The van der Waals surface area contributed by atoms with E-state index in [1.165, 1.54) is 30.7 Å². The Balaban J connectivity index is 1.77. The van der Waals surface area contributed by atoms with Gasteiger partial charge >= 0.3 is 0 Å². The Labute approximate surface area is 121 Å². The van der Waals surface area contributed by atoms with Crippen molar-refractivity contribution in [2.24, 2.45) is 11.8 Å². The zero-order valence-corrected chi connectivity index (χ0v) is 13.3. The molecule has 108 valence electrons. The summed E-state index contributed by atoms with van der Waals surface area (Å²) in [6.07, 6.45) is 6.27. The average Bonchev–Trinajstić information content (AvgIpc) is 3.02. The molecule has 1 N–H and O–H groups in total. The van der Waals surface area contributed by atoms with E-state index in [1.807, 2.05) is 17.5 Å². The molecule has 1 fully saturated rings. The van der Waals surface area contributed by atoms with Crippen LogP contribution in [-0.4, -0.2) is 24.6 Å². The first kappa shape index (κ1) is 14.8. The van der Waals surface area contributed by atoms with Gasteiger partial charge in [0, 0.05) is 30.7 Å². The first-order valence-corrected chi connectivity index (χ1v) is 8.46. The van der Waals surface area contributed by atoms with Gasteiger partial charge in [0.1, 0.15) is 0 Å². The number of hydrogen-bond donors (Lipinski definition) is 1. The minimum atomic E-state index is 0.884. The summed E-state index contributed by atoms with van der Waals surface area (Å²) < 4.78 is 0. The molecule has 3 nitrogen and oxygen atoms in total. The van der Waals surface area contributed by atoms with Crippen LogP contribution in [0.1, 0.15) is 44.9 Å². The van der Waals surface area contributed by atoms with E-state index in [4.69, 9.17) is 0 Å². The third-order valence-electron chi connectivity index (χ3n) is 4.32. The van der Waals surface area contributed by atoms with Crippen molar-refractivity contribution in [1.82, 2.24) is 10.3 Å². The van der Waals surface area contributed by atoms with E-state index in [9.17, 15) is 0 Å². The Morgan fingerprint density at radius 1 is 1.37 bits per heavy atom. The van der Waals surface area contributed by atoms with Crippen molar-refractivity contribution in [1.29, 1.82) is 0 Å². The van der Waals surface area contributed by atoms with E-state index >= 15 is 0 Å². The lowest BCUT2D eigenvalue weighted by molar-refractivity contribution is 0.392. The van der Waals surface area contributed by atoms with Crippen molar-refractivity contribution in [2.45, 2.75) is 46.6 Å². The summed E-state index contributed by atoms with van der Waals surface area (Å²) >= 11 is 1.83. The number of nitrogens with zero attached hydrogens (tertiary/aromatic N) is 2. The van der Waals surface area contributed by atoms with Gasteiger partial charge in [-0.3, -0.25) is 0 Å². The molecule has 0 saturated heterocycles. The molecule has 1 heterocycles. The number of rotatable bonds is 7. The molecule has 2 rings (SSSR count). The number of nitrogens with one attached hydrogen (secondary N) is 1. The van der Waals surface area contributed by atoms with Crippen molar-refractivity contribution in [3.05, 3.63) is 11.1 Å². The monoisotopic (exact) mass is 281 g/mol. The van der Waals surface area contributed by atoms with Crippen LogP contribution in [-0.2, 0) is 6.54 Å². The highest BCUT2D eigenvalue weighted by atomic mass is 32.1. The molecule has 1 aromatic rings. The Kier molecular flexibility index (Phi) is 5.64. The number of thiazole rings is 1. The molecule has 0 aliphatic heterocycles. The van der Waals surface area contributed by atoms with Crippen LogP contribution in [0.3, 0.4) is 0 Å². The lowest BCUT2D eigenvalue weighted by atomic mass is 9.98. The summed E-state index contributed by atoms with van der Waals surface area (Å²) in [5.74, 6) is 1.79. The van der Waals surface area contributed by atoms with Crippen LogP contribution in [0.25, 0.3) is 0 Å². The average molecular weight is 281 g/mol. The molecule has 0 bridgehead atoms. The second-order valence-electron chi connectivity index (χ2n) is 5.58. The predicted molar refractivity (Wildman–Crippen MR) is 83.9 cm³/mol. The third-order valence-corrected chi connectivity index (χ3v) is 5.38. The Hall–Kier alpha value is -0.610. The van der Waals surface area contributed by atoms with E-state index in [0.717, 1.165) is 36.6 Å². The summed E-state index contributed by atoms with van der Waals surface area (Å²) in [7, 11) is 0. The van der Waals surface area contributed by atoms with Gasteiger partial charge in [-0.25, -0.2) is 4.98 Å². The molecule has 0 aromatic carbocycles. The third kappa shape index (κ3) is 3.93. The van der Waals surface area contributed by atoms with Crippen molar-refractivity contribution < 1.29 is 0 Å². The topological polar surface area (TPSA) is 28.2 Å². The molecule has 1 saturated carbocycles. The van der Waals surface area contributed by atoms with E-state index in [0.29, 0.717) is 0 Å². The summed E-state index contributed by atoms with van der Waals surface area (Å²) in [5, 5.41) is 4.78. The van der Waals surface area contributed by atoms with Gasteiger partial charge < -0.3 is 10.2 Å². The maximum absolute atomic E-state index is 4.53. The van der Waals surface area contributed by atoms with Gasteiger partial charge in [-0.2, -0.15) is 0 Å². The van der Waals surface area contributed by atoms with Crippen LogP contribution in [0.4, 0.5) is 5.13 Å². The zero-order valence-electron chi connectivity index (χ0n) is 12.5. The summed E-state index contributed by atoms with van der Waals surface area (Å²) in [6.45, 7) is 11.0. The highest BCUT2D eigenvalue weighted by Crippen LogP contribution is 2.30. The molecule has 0 spiro atoms. The summed E-state index contributed by atoms with van der Waals surface area (Å²) in [6, 6.07) is 0. The van der Waals surface area contributed by atoms with Gasteiger partial charge in [0.25, 0.3) is 0 Å². The van der Waals surface area contributed by atoms with Crippen LogP contribution in [0, 0.1) is 11.8 Å². The summed E-state index contributed by atoms with van der Waals surface area (Å²) in [4.78, 5) is 8.19. The van der Waals surface area contributed by atoms with Crippen LogP contribution < -0.4 is 10.2 Å². The van der Waals surface area contributed by atoms with Crippen molar-refractivity contribution in [2.75, 3.05) is 24.5 Å². The second-order valence-corrected chi connectivity index (χ2v) is 6.67. The zero-order chi connectivity index (χ0) is 13.7. The van der Waals surface area contributed by atoms with E-state index < -0.39 is 0 Å². The molecule has 1 aromatic heterocycles. The van der Waals surface area contributed by atoms with Crippen molar-refractivity contribution in [3.8, 4) is 0 Å². The fourth-order valence-corrected chi connectivity index (χ4v) is 3.93. The fourth-order valence-electron chi connectivity index (χ4n) is 2.93. The van der Waals surface area contributed by atoms with Gasteiger partial charge in [-0.1, -0.05) is 19.8 Å². The second kappa shape index (κ2) is 7.25. The lowest BCUT2D eigenvalue weighted by Crippen LogP contribution is -2.23. The first-order chi connectivity index (χ1) is 9.24. The molecule has 1 aliphatic carbocycles. The van der Waals surface area contributed by atoms with E-state index in [2.05, 4.69) is 36.0 Å². The number of anilines is 1. The van der Waals surface area contributed by atoms with E-state index in [-0.39, 0.29) is 0 Å². The Morgan fingerprint density at radius 2 is 2.16 bits per heavy atom. The fraction of sp³-hybridized carbons (Fsp3) is 0.800. The molecule has 19 heavy (non-hydrogen) atoms. The Morgan fingerprint density at radius 3 is 2.79 bits per heavy atom. The van der Waals surface area contributed by atoms with E-state index in [1.54, 1.807) is 0 Å². The SMILES string of the molecule is CCN(CC)c1ncc(CNCC2CCCC2C)s1. The highest BCUT2D eigenvalue weighted by Gasteiger charge is 2.22. The smallest absolute Gasteiger partial charge is 0.185 e. The van der Waals surface area contributed by atoms with Crippen LogP contribution in [0.5, 0.6) is 0 Å². The molecule has 2 unspecified atom stereocenters. The van der Waals surface area contributed by atoms with Gasteiger partial charge in [-0.15, -0.1) is 11.3 Å². The molecule has 4 heteroatoms. The van der Waals surface area contributed by atoms with Crippen molar-refractivity contribution >= 4 is 16.5 Å². The standard InChI is InChI=1S/C15H27N3S/c1-4-18(5-2)15-17-11-14(19-15)10-16-9-13-8-6-7-12(13)3/h11-13,16H,4-10H2,1-3H3. The first-order valence-electron chi connectivity index (χ1n) is 7.65. The minimum Gasteiger partial charge on any atom is -0.349 e. The lowest BCUT2D eigenvalue weighted by Gasteiger charge is -2.16.